The number of azo groups is 1. The largest absolute Gasteiger partial charge is 0.506 e. The molecule has 4 nitrogen and oxygen atoms in total. The predicted molar refractivity (Wildman–Crippen MR) is 83.5 cm³/mol. The highest BCUT2D eigenvalue weighted by Crippen LogP contribution is 2.32. The molecule has 1 aromatic heterocycles. The molecule has 2 aromatic carbocycles. The summed E-state index contributed by atoms with van der Waals surface area (Å²) in [6.07, 6.45) is 0. The van der Waals surface area contributed by atoms with Crippen molar-refractivity contribution in [2.45, 2.75) is 13.8 Å². The van der Waals surface area contributed by atoms with Crippen molar-refractivity contribution in [1.82, 2.24) is 4.98 Å². The first-order valence-electron chi connectivity index (χ1n) is 6.71. The van der Waals surface area contributed by atoms with Gasteiger partial charge in [-0.15, -0.1) is 5.11 Å². The quantitative estimate of drug-likeness (QED) is 0.672. The molecule has 4 heteroatoms. The van der Waals surface area contributed by atoms with Gasteiger partial charge in [-0.3, -0.25) is 0 Å². The fraction of sp³-hybridized carbons (Fsp3) is 0.118. The van der Waals surface area contributed by atoms with E-state index in [1.807, 2.05) is 50.2 Å². The van der Waals surface area contributed by atoms with Crippen LogP contribution in [0.5, 0.6) is 5.75 Å². The smallest absolute Gasteiger partial charge is 0.141 e. The number of phenolic OH excluding ortho intramolecular Hbond substituents is 1. The number of benzene rings is 2. The van der Waals surface area contributed by atoms with Crippen LogP contribution in [0.3, 0.4) is 0 Å². The van der Waals surface area contributed by atoms with E-state index >= 15 is 0 Å². The Balaban J connectivity index is 2.07. The number of pyridine rings is 1. The predicted octanol–water partition coefficient (Wildman–Crippen LogP) is 4.97. The van der Waals surface area contributed by atoms with Crippen LogP contribution >= 0.6 is 0 Å². The molecule has 1 heterocycles. The van der Waals surface area contributed by atoms with E-state index in [2.05, 4.69) is 15.2 Å². The third kappa shape index (κ3) is 2.74. The van der Waals surface area contributed by atoms with Crippen LogP contribution in [0.1, 0.15) is 11.3 Å². The van der Waals surface area contributed by atoms with E-state index in [1.165, 1.54) is 0 Å². The van der Waals surface area contributed by atoms with Crippen molar-refractivity contribution in [3.63, 3.8) is 0 Å². The van der Waals surface area contributed by atoms with Gasteiger partial charge in [-0.2, -0.15) is 5.11 Å². The molecule has 1 N–H and O–H groups in total. The second kappa shape index (κ2) is 5.32. The number of fused-ring (bicyclic) bond motifs is 1. The van der Waals surface area contributed by atoms with Gasteiger partial charge in [0.05, 0.1) is 11.4 Å². The normalized spacial score (nSPS) is 11.3. The maximum Gasteiger partial charge on any atom is 0.141 e. The summed E-state index contributed by atoms with van der Waals surface area (Å²) in [6.45, 7) is 3.90. The number of phenols is 1. The van der Waals surface area contributed by atoms with Gasteiger partial charge in [0, 0.05) is 11.1 Å². The van der Waals surface area contributed by atoms with Crippen LogP contribution in [0.15, 0.2) is 58.8 Å². The summed E-state index contributed by atoms with van der Waals surface area (Å²) in [6, 6.07) is 15.0. The molecule has 0 atom stereocenters. The third-order valence-corrected chi connectivity index (χ3v) is 3.23. The third-order valence-electron chi connectivity index (χ3n) is 3.23. The van der Waals surface area contributed by atoms with Gasteiger partial charge in [-0.05, 0) is 55.8 Å². The minimum atomic E-state index is 0.156. The van der Waals surface area contributed by atoms with E-state index in [0.717, 1.165) is 22.3 Å². The van der Waals surface area contributed by atoms with Crippen molar-refractivity contribution < 1.29 is 5.11 Å². The summed E-state index contributed by atoms with van der Waals surface area (Å²) in [5, 5.41) is 19.2. The summed E-state index contributed by atoms with van der Waals surface area (Å²) in [7, 11) is 0. The van der Waals surface area contributed by atoms with E-state index in [-0.39, 0.29) is 5.75 Å². The van der Waals surface area contributed by atoms with Gasteiger partial charge in [-0.25, -0.2) is 4.98 Å². The maximum atomic E-state index is 9.91. The topological polar surface area (TPSA) is 57.8 Å². The Morgan fingerprint density at radius 3 is 2.62 bits per heavy atom. The van der Waals surface area contributed by atoms with Crippen LogP contribution in [0.25, 0.3) is 10.9 Å². The van der Waals surface area contributed by atoms with Crippen molar-refractivity contribution in [1.29, 1.82) is 0 Å². The second-order valence-electron chi connectivity index (χ2n) is 4.99. The molecule has 0 fully saturated rings. The van der Waals surface area contributed by atoms with Crippen LogP contribution < -0.4 is 0 Å². The zero-order chi connectivity index (χ0) is 14.8. The molecule has 0 aliphatic rings. The zero-order valence-electron chi connectivity index (χ0n) is 11.9. The van der Waals surface area contributed by atoms with E-state index in [4.69, 9.17) is 0 Å². The summed E-state index contributed by atoms with van der Waals surface area (Å²) >= 11 is 0. The van der Waals surface area contributed by atoms with Crippen LogP contribution in [-0.2, 0) is 0 Å². The fourth-order valence-electron chi connectivity index (χ4n) is 2.17. The number of aromatic nitrogens is 1. The van der Waals surface area contributed by atoms with E-state index in [1.54, 1.807) is 12.1 Å². The molecule has 0 amide bonds. The Kier molecular flexibility index (Phi) is 3.36. The minimum Gasteiger partial charge on any atom is -0.506 e. The minimum absolute atomic E-state index is 0.156. The average Bonchev–Trinajstić information content (AvgIpc) is 2.47. The number of rotatable bonds is 2. The average molecular weight is 277 g/mol. The first-order chi connectivity index (χ1) is 10.1. The molecule has 0 spiro atoms. The molecular weight excluding hydrogens is 262 g/mol. The Hall–Kier alpha value is -2.75. The van der Waals surface area contributed by atoms with Crippen LogP contribution in [0, 0.1) is 13.8 Å². The molecule has 0 bridgehead atoms. The number of hydrogen-bond acceptors (Lipinski definition) is 4. The Bertz CT molecular complexity index is 841. The molecule has 0 saturated heterocycles. The van der Waals surface area contributed by atoms with Gasteiger partial charge in [-0.1, -0.05) is 12.1 Å². The van der Waals surface area contributed by atoms with Crippen LogP contribution in [0.4, 0.5) is 11.4 Å². The highest BCUT2D eigenvalue weighted by molar-refractivity contribution is 5.93. The summed E-state index contributed by atoms with van der Waals surface area (Å²) in [5.74, 6) is 0.156. The van der Waals surface area contributed by atoms with Gasteiger partial charge in [0.1, 0.15) is 11.3 Å². The van der Waals surface area contributed by atoms with Crippen LogP contribution in [-0.4, -0.2) is 10.1 Å². The van der Waals surface area contributed by atoms with E-state index < -0.39 is 0 Å². The number of hydrogen-bond donors (Lipinski definition) is 1. The Labute approximate surface area is 122 Å². The molecule has 104 valence electrons. The number of aryl methyl sites for hydroxylation is 2. The van der Waals surface area contributed by atoms with Crippen molar-refractivity contribution in [3.8, 4) is 5.75 Å². The maximum absolute atomic E-state index is 9.91. The monoisotopic (exact) mass is 277 g/mol. The van der Waals surface area contributed by atoms with Gasteiger partial charge < -0.3 is 5.11 Å². The molecular formula is C17H15N3O. The zero-order valence-corrected chi connectivity index (χ0v) is 11.9. The number of nitrogens with zero attached hydrogens (tertiary/aromatic N) is 3. The highest BCUT2D eigenvalue weighted by Gasteiger charge is 2.06. The lowest BCUT2D eigenvalue weighted by atomic mass is 10.1. The van der Waals surface area contributed by atoms with Crippen LogP contribution in [0.2, 0.25) is 0 Å². The summed E-state index contributed by atoms with van der Waals surface area (Å²) in [4.78, 5) is 4.35. The Morgan fingerprint density at radius 2 is 1.81 bits per heavy atom. The molecule has 0 aliphatic carbocycles. The standard InChI is InChI=1S/C17H15N3O/c1-11-4-3-5-13(10-11)19-20-15-8-9-16(21)17-14(15)7-6-12(2)18-17/h3-10,21H,1-2H3. The van der Waals surface area contributed by atoms with Crippen molar-refractivity contribution in [2.75, 3.05) is 0 Å². The lowest BCUT2D eigenvalue weighted by molar-refractivity contribution is 0.480. The lowest BCUT2D eigenvalue weighted by Crippen LogP contribution is -1.84. The number of aromatic hydroxyl groups is 1. The molecule has 21 heavy (non-hydrogen) atoms. The molecule has 3 rings (SSSR count). The van der Waals surface area contributed by atoms with Crippen molar-refractivity contribution in [2.24, 2.45) is 10.2 Å². The molecule has 0 saturated carbocycles. The molecule has 0 aliphatic heterocycles. The first-order valence-corrected chi connectivity index (χ1v) is 6.71. The molecule has 0 unspecified atom stereocenters. The van der Waals surface area contributed by atoms with Gasteiger partial charge in [0.25, 0.3) is 0 Å². The SMILES string of the molecule is Cc1cccc(N=Nc2ccc(O)c3nc(C)ccc23)c1. The van der Waals surface area contributed by atoms with Gasteiger partial charge in [0.2, 0.25) is 0 Å². The summed E-state index contributed by atoms with van der Waals surface area (Å²) < 4.78 is 0. The first kappa shape index (κ1) is 13.2. The van der Waals surface area contributed by atoms with Gasteiger partial charge in [0.15, 0.2) is 0 Å². The van der Waals surface area contributed by atoms with Crippen molar-refractivity contribution >= 4 is 22.3 Å². The highest BCUT2D eigenvalue weighted by atomic mass is 16.3. The second-order valence-corrected chi connectivity index (χ2v) is 4.99. The van der Waals surface area contributed by atoms with E-state index in [0.29, 0.717) is 11.2 Å². The lowest BCUT2D eigenvalue weighted by Gasteiger charge is -2.04. The molecule has 3 aromatic rings. The fourth-order valence-corrected chi connectivity index (χ4v) is 2.17. The van der Waals surface area contributed by atoms with Crippen molar-refractivity contribution in [3.05, 3.63) is 59.8 Å². The van der Waals surface area contributed by atoms with E-state index in [9.17, 15) is 5.11 Å². The molecule has 0 radical (unpaired) electrons. The van der Waals surface area contributed by atoms with Gasteiger partial charge >= 0.3 is 0 Å². The summed E-state index contributed by atoms with van der Waals surface area (Å²) in [5.41, 5.74) is 4.04. The Morgan fingerprint density at radius 1 is 0.952 bits per heavy atom.